The molecule has 2 aliphatic rings. The Hall–Kier alpha value is -3.74. The second kappa shape index (κ2) is 9.02. The first kappa shape index (κ1) is 21.1. The number of ether oxygens (including phenoxy) is 2. The number of hydrogen-bond acceptors (Lipinski definition) is 5. The van der Waals surface area contributed by atoms with Gasteiger partial charge in [-0.15, -0.1) is 0 Å². The lowest BCUT2D eigenvalue weighted by Gasteiger charge is -2.27. The molecule has 0 N–H and O–H groups in total. The van der Waals surface area contributed by atoms with Crippen LogP contribution in [0, 0.1) is 6.92 Å². The molecule has 1 fully saturated rings. The molecule has 5 rings (SSSR count). The minimum Gasteiger partial charge on any atom is -0.467 e. The van der Waals surface area contributed by atoms with Gasteiger partial charge in [-0.05, 0) is 61.7 Å². The van der Waals surface area contributed by atoms with E-state index in [1.807, 2.05) is 55.5 Å². The third-order valence-corrected chi connectivity index (χ3v) is 5.91. The summed E-state index contributed by atoms with van der Waals surface area (Å²) < 4.78 is 16.4. The van der Waals surface area contributed by atoms with Gasteiger partial charge in [0.05, 0.1) is 12.8 Å². The highest BCUT2D eigenvalue weighted by Gasteiger charge is 2.35. The zero-order valence-corrected chi connectivity index (χ0v) is 18.5. The summed E-state index contributed by atoms with van der Waals surface area (Å²) in [5, 5.41) is 0. The zero-order valence-electron chi connectivity index (χ0n) is 18.5. The minimum absolute atomic E-state index is 0.0305. The van der Waals surface area contributed by atoms with Gasteiger partial charge >= 0.3 is 0 Å². The Labute approximate surface area is 192 Å². The zero-order chi connectivity index (χ0) is 22.8. The monoisotopic (exact) mass is 446 g/mol. The van der Waals surface area contributed by atoms with Crippen LogP contribution in [0.5, 0.6) is 11.5 Å². The molecule has 2 heterocycles. The summed E-state index contributed by atoms with van der Waals surface area (Å²) >= 11 is 0. The van der Waals surface area contributed by atoms with Gasteiger partial charge in [-0.2, -0.15) is 0 Å². The standard InChI is InChI=1S/C26H26N2O5/c1-18-4-2-5-20(12-18)26(30)28(21-8-9-21)16-25(29)27(15-22-6-3-11-31-22)14-19-7-10-23-24(13-19)33-17-32-23/h2-7,10-13,21H,8-9,14-17H2,1H3. The molecule has 1 aromatic heterocycles. The molecular formula is C26H26N2O5. The van der Waals surface area contributed by atoms with E-state index in [0.29, 0.717) is 35.9 Å². The SMILES string of the molecule is Cc1cccc(C(=O)N(CC(=O)N(Cc2ccc3c(c2)OCO3)Cc2ccco2)C2CC2)c1. The van der Waals surface area contributed by atoms with Crippen molar-refractivity contribution in [3.05, 3.63) is 83.3 Å². The van der Waals surface area contributed by atoms with Crippen molar-refractivity contribution >= 4 is 11.8 Å². The van der Waals surface area contributed by atoms with Crippen LogP contribution in [-0.2, 0) is 17.9 Å². The Morgan fingerprint density at radius 3 is 2.58 bits per heavy atom. The second-order valence-corrected chi connectivity index (χ2v) is 8.55. The molecule has 0 spiro atoms. The first-order valence-corrected chi connectivity index (χ1v) is 11.1. The molecule has 2 aromatic carbocycles. The van der Waals surface area contributed by atoms with E-state index in [0.717, 1.165) is 24.0 Å². The summed E-state index contributed by atoms with van der Waals surface area (Å²) in [4.78, 5) is 30.2. The van der Waals surface area contributed by atoms with Gasteiger partial charge in [0.2, 0.25) is 12.7 Å². The average Bonchev–Trinajstić information content (AvgIpc) is 3.31. The van der Waals surface area contributed by atoms with Gasteiger partial charge in [-0.25, -0.2) is 0 Å². The van der Waals surface area contributed by atoms with E-state index in [1.165, 1.54) is 0 Å². The number of carbonyl (C=O) groups excluding carboxylic acids is 2. The number of benzene rings is 2. The largest absolute Gasteiger partial charge is 0.467 e. The van der Waals surface area contributed by atoms with E-state index >= 15 is 0 Å². The van der Waals surface area contributed by atoms with Crippen LogP contribution in [-0.4, -0.2) is 41.0 Å². The van der Waals surface area contributed by atoms with E-state index in [2.05, 4.69) is 0 Å². The first-order chi connectivity index (χ1) is 16.1. The predicted octanol–water partition coefficient (Wildman–Crippen LogP) is 4.15. The van der Waals surface area contributed by atoms with Crippen LogP contribution in [0.1, 0.15) is 40.1 Å². The van der Waals surface area contributed by atoms with E-state index in [4.69, 9.17) is 13.9 Å². The maximum atomic E-state index is 13.5. The summed E-state index contributed by atoms with van der Waals surface area (Å²) in [5.41, 5.74) is 2.55. The van der Waals surface area contributed by atoms with Crippen LogP contribution < -0.4 is 9.47 Å². The molecule has 7 heteroatoms. The van der Waals surface area contributed by atoms with Crippen LogP contribution in [0.3, 0.4) is 0 Å². The Morgan fingerprint density at radius 2 is 1.82 bits per heavy atom. The van der Waals surface area contributed by atoms with Gasteiger partial charge in [0.25, 0.3) is 5.91 Å². The lowest BCUT2D eigenvalue weighted by Crippen LogP contribution is -2.43. The summed E-state index contributed by atoms with van der Waals surface area (Å²) in [6.45, 7) is 2.87. The third kappa shape index (κ3) is 4.87. The topological polar surface area (TPSA) is 72.2 Å². The highest BCUT2D eigenvalue weighted by molar-refractivity contribution is 5.97. The number of aryl methyl sites for hydroxylation is 1. The molecule has 3 aromatic rings. The number of nitrogens with zero attached hydrogens (tertiary/aromatic N) is 2. The number of amides is 2. The predicted molar refractivity (Wildman–Crippen MR) is 121 cm³/mol. The van der Waals surface area contributed by atoms with Crippen LogP contribution in [0.2, 0.25) is 0 Å². The molecule has 0 unspecified atom stereocenters. The Morgan fingerprint density at radius 1 is 0.970 bits per heavy atom. The van der Waals surface area contributed by atoms with Crippen LogP contribution in [0.15, 0.2) is 65.3 Å². The molecule has 0 radical (unpaired) electrons. The molecule has 1 saturated carbocycles. The average molecular weight is 447 g/mol. The maximum absolute atomic E-state index is 13.5. The van der Waals surface area contributed by atoms with Crippen LogP contribution >= 0.6 is 0 Å². The fourth-order valence-corrected chi connectivity index (χ4v) is 4.03. The van der Waals surface area contributed by atoms with E-state index < -0.39 is 0 Å². The van der Waals surface area contributed by atoms with Crippen molar-refractivity contribution in [1.82, 2.24) is 9.80 Å². The number of rotatable bonds is 8. The van der Waals surface area contributed by atoms with Crippen molar-refractivity contribution in [1.29, 1.82) is 0 Å². The normalized spacial score (nSPS) is 14.2. The number of carbonyl (C=O) groups is 2. The lowest BCUT2D eigenvalue weighted by atomic mass is 10.1. The fraction of sp³-hybridized carbons (Fsp3) is 0.308. The molecule has 1 aliphatic carbocycles. The summed E-state index contributed by atoms with van der Waals surface area (Å²) in [6, 6.07) is 16.9. The Bertz CT molecular complexity index is 1150. The van der Waals surface area contributed by atoms with Gasteiger partial charge in [0, 0.05) is 18.2 Å². The number of hydrogen-bond donors (Lipinski definition) is 0. The van der Waals surface area contributed by atoms with Crippen molar-refractivity contribution in [2.75, 3.05) is 13.3 Å². The van der Waals surface area contributed by atoms with Crippen molar-refractivity contribution in [3.8, 4) is 11.5 Å². The number of fused-ring (bicyclic) bond motifs is 1. The summed E-state index contributed by atoms with van der Waals surface area (Å²) in [7, 11) is 0. The van der Waals surface area contributed by atoms with Gasteiger partial charge in [-0.3, -0.25) is 9.59 Å². The van der Waals surface area contributed by atoms with Crippen LogP contribution in [0.4, 0.5) is 0 Å². The molecule has 0 saturated heterocycles. The molecule has 1 aliphatic heterocycles. The molecule has 7 nitrogen and oxygen atoms in total. The third-order valence-electron chi connectivity index (χ3n) is 5.91. The van der Waals surface area contributed by atoms with Crippen molar-refractivity contribution < 1.29 is 23.5 Å². The molecule has 170 valence electrons. The Balaban J connectivity index is 1.35. The quantitative estimate of drug-likeness (QED) is 0.520. The van der Waals surface area contributed by atoms with E-state index in [1.54, 1.807) is 22.1 Å². The first-order valence-electron chi connectivity index (χ1n) is 11.1. The van der Waals surface area contributed by atoms with E-state index in [9.17, 15) is 9.59 Å². The van der Waals surface area contributed by atoms with Crippen LogP contribution in [0.25, 0.3) is 0 Å². The van der Waals surface area contributed by atoms with Crippen molar-refractivity contribution in [3.63, 3.8) is 0 Å². The summed E-state index contributed by atoms with van der Waals surface area (Å²) in [5.74, 6) is 1.83. The molecule has 33 heavy (non-hydrogen) atoms. The molecule has 0 atom stereocenters. The maximum Gasteiger partial charge on any atom is 0.254 e. The fourth-order valence-electron chi connectivity index (χ4n) is 4.03. The highest BCUT2D eigenvalue weighted by atomic mass is 16.7. The van der Waals surface area contributed by atoms with Gasteiger partial charge in [0.15, 0.2) is 11.5 Å². The minimum atomic E-state index is -0.128. The second-order valence-electron chi connectivity index (χ2n) is 8.55. The summed E-state index contributed by atoms with van der Waals surface area (Å²) in [6.07, 6.45) is 3.44. The molecule has 2 amide bonds. The van der Waals surface area contributed by atoms with Gasteiger partial charge < -0.3 is 23.7 Å². The highest BCUT2D eigenvalue weighted by Crippen LogP contribution is 2.33. The molecule has 0 bridgehead atoms. The van der Waals surface area contributed by atoms with Gasteiger partial charge in [-0.1, -0.05) is 23.8 Å². The number of furan rings is 1. The lowest BCUT2D eigenvalue weighted by molar-refractivity contribution is -0.133. The van der Waals surface area contributed by atoms with Gasteiger partial charge in [0.1, 0.15) is 12.3 Å². The van der Waals surface area contributed by atoms with E-state index in [-0.39, 0.29) is 31.2 Å². The smallest absolute Gasteiger partial charge is 0.254 e. The van der Waals surface area contributed by atoms with Crippen molar-refractivity contribution in [2.24, 2.45) is 0 Å². The van der Waals surface area contributed by atoms with Crippen molar-refractivity contribution in [2.45, 2.75) is 38.9 Å². The Kier molecular flexibility index (Phi) is 5.77. The molecular weight excluding hydrogens is 420 g/mol.